The van der Waals surface area contributed by atoms with Crippen molar-refractivity contribution in [3.63, 3.8) is 0 Å². The topological polar surface area (TPSA) is 74.6 Å². The van der Waals surface area contributed by atoms with Crippen molar-refractivity contribution >= 4 is 11.9 Å². The minimum atomic E-state index is -0.738. The number of aliphatic carboxylic acids is 2. The van der Waals surface area contributed by atoms with E-state index < -0.39 is 17.4 Å². The molecule has 0 rings (SSSR count). The van der Waals surface area contributed by atoms with Crippen molar-refractivity contribution in [1.29, 1.82) is 0 Å². The lowest BCUT2D eigenvalue weighted by Gasteiger charge is -2.28. The molecule has 0 saturated carbocycles. The van der Waals surface area contributed by atoms with Gasteiger partial charge in [-0.25, -0.2) is 0 Å². The number of hydrogen-bond donors (Lipinski definition) is 2. The highest BCUT2D eigenvalue weighted by atomic mass is 16.4. The van der Waals surface area contributed by atoms with Crippen LogP contribution in [-0.2, 0) is 9.59 Å². The first-order valence-corrected chi connectivity index (χ1v) is 7.89. The van der Waals surface area contributed by atoms with Gasteiger partial charge in [0, 0.05) is 0 Å². The molecule has 0 heterocycles. The van der Waals surface area contributed by atoms with Crippen LogP contribution in [-0.4, -0.2) is 22.2 Å². The zero-order chi connectivity index (χ0) is 15.6. The van der Waals surface area contributed by atoms with Crippen LogP contribution in [0.3, 0.4) is 0 Å². The van der Waals surface area contributed by atoms with E-state index in [1.807, 2.05) is 13.8 Å². The minimum Gasteiger partial charge on any atom is -0.481 e. The van der Waals surface area contributed by atoms with E-state index >= 15 is 0 Å². The Kier molecular flexibility index (Phi) is 9.26. The van der Waals surface area contributed by atoms with Crippen LogP contribution in [0.4, 0.5) is 0 Å². The second kappa shape index (κ2) is 9.78. The molecule has 0 aromatic carbocycles. The van der Waals surface area contributed by atoms with Crippen molar-refractivity contribution in [3.05, 3.63) is 0 Å². The molecule has 0 aliphatic carbocycles. The van der Waals surface area contributed by atoms with E-state index in [9.17, 15) is 14.7 Å². The van der Waals surface area contributed by atoms with Gasteiger partial charge in [-0.05, 0) is 32.1 Å². The predicted octanol–water partition coefficient (Wildman–Crippen LogP) is 4.33. The fraction of sp³-hybridized carbons (Fsp3) is 0.875. The third-order valence-electron chi connectivity index (χ3n) is 4.44. The summed E-state index contributed by atoms with van der Waals surface area (Å²) in [5, 5.41) is 18.5. The van der Waals surface area contributed by atoms with Crippen molar-refractivity contribution in [2.24, 2.45) is 11.3 Å². The third-order valence-corrected chi connectivity index (χ3v) is 4.44. The normalized spacial score (nSPS) is 15.6. The van der Waals surface area contributed by atoms with Gasteiger partial charge in [0.25, 0.3) is 0 Å². The lowest BCUT2D eigenvalue weighted by atomic mass is 9.76. The zero-order valence-electron chi connectivity index (χ0n) is 13.2. The lowest BCUT2D eigenvalue weighted by Crippen LogP contribution is -2.30. The fourth-order valence-electron chi connectivity index (χ4n) is 2.72. The highest BCUT2D eigenvalue weighted by molar-refractivity contribution is 5.74. The standard InChI is InChI=1S/C16H30O4/c1-4-7-11-16(6-3,15(19)20)12-9-8-10-13(5-2)14(17)18/h13H,4-12H2,1-3H3,(H,17,18)(H,19,20). The Labute approximate surface area is 122 Å². The predicted molar refractivity (Wildman–Crippen MR) is 79.8 cm³/mol. The van der Waals surface area contributed by atoms with Gasteiger partial charge in [0.15, 0.2) is 0 Å². The lowest BCUT2D eigenvalue weighted by molar-refractivity contribution is -0.150. The van der Waals surface area contributed by atoms with Crippen LogP contribution in [0.25, 0.3) is 0 Å². The molecule has 0 amide bonds. The number of carbonyl (C=O) groups is 2. The second-order valence-corrected chi connectivity index (χ2v) is 5.73. The first-order chi connectivity index (χ1) is 9.43. The number of hydrogen-bond acceptors (Lipinski definition) is 2. The van der Waals surface area contributed by atoms with Crippen LogP contribution in [0.5, 0.6) is 0 Å². The molecule has 0 spiro atoms. The van der Waals surface area contributed by atoms with Crippen LogP contribution in [0, 0.1) is 11.3 Å². The van der Waals surface area contributed by atoms with Crippen LogP contribution in [0.15, 0.2) is 0 Å². The molecular weight excluding hydrogens is 256 g/mol. The Balaban J connectivity index is 4.33. The van der Waals surface area contributed by atoms with Gasteiger partial charge in [-0.15, -0.1) is 0 Å². The van der Waals surface area contributed by atoms with Crippen LogP contribution in [0.1, 0.15) is 78.6 Å². The average molecular weight is 286 g/mol. The number of unbranched alkanes of at least 4 members (excludes halogenated alkanes) is 2. The van der Waals surface area contributed by atoms with Gasteiger partial charge in [0.05, 0.1) is 11.3 Å². The van der Waals surface area contributed by atoms with Gasteiger partial charge in [-0.3, -0.25) is 9.59 Å². The molecule has 0 aliphatic rings. The minimum absolute atomic E-state index is 0.286. The first-order valence-electron chi connectivity index (χ1n) is 7.89. The van der Waals surface area contributed by atoms with Gasteiger partial charge in [0.1, 0.15) is 0 Å². The van der Waals surface area contributed by atoms with Crippen LogP contribution >= 0.6 is 0 Å². The fourth-order valence-corrected chi connectivity index (χ4v) is 2.72. The SMILES string of the molecule is CCCCC(CC)(CCCCC(CC)C(=O)O)C(=O)O. The molecule has 2 unspecified atom stereocenters. The van der Waals surface area contributed by atoms with Gasteiger partial charge in [-0.2, -0.15) is 0 Å². The Morgan fingerprint density at radius 1 is 1.00 bits per heavy atom. The van der Waals surface area contributed by atoms with Crippen LogP contribution < -0.4 is 0 Å². The summed E-state index contributed by atoms with van der Waals surface area (Å²) in [4.78, 5) is 22.5. The van der Waals surface area contributed by atoms with Gasteiger partial charge >= 0.3 is 11.9 Å². The smallest absolute Gasteiger partial charge is 0.309 e. The molecule has 0 aliphatic heterocycles. The first kappa shape index (κ1) is 18.9. The highest BCUT2D eigenvalue weighted by Crippen LogP contribution is 2.35. The molecule has 20 heavy (non-hydrogen) atoms. The molecule has 0 radical (unpaired) electrons. The van der Waals surface area contributed by atoms with E-state index in [4.69, 9.17) is 5.11 Å². The van der Waals surface area contributed by atoms with E-state index in [-0.39, 0.29) is 5.92 Å². The molecule has 0 saturated heterocycles. The van der Waals surface area contributed by atoms with E-state index in [0.717, 1.165) is 32.1 Å². The summed E-state index contributed by atoms with van der Waals surface area (Å²) in [5.41, 5.74) is -0.610. The molecule has 0 fully saturated rings. The molecule has 0 bridgehead atoms. The maximum Gasteiger partial charge on any atom is 0.309 e. The monoisotopic (exact) mass is 286 g/mol. The van der Waals surface area contributed by atoms with Gasteiger partial charge < -0.3 is 10.2 Å². The molecule has 2 atom stereocenters. The Hall–Kier alpha value is -1.06. The van der Waals surface area contributed by atoms with Gasteiger partial charge in [0.2, 0.25) is 0 Å². The number of rotatable bonds is 12. The van der Waals surface area contributed by atoms with Crippen molar-refractivity contribution in [2.75, 3.05) is 0 Å². The number of carboxylic acid groups (broad SMARTS) is 2. The van der Waals surface area contributed by atoms with Crippen molar-refractivity contribution in [2.45, 2.75) is 78.6 Å². The van der Waals surface area contributed by atoms with E-state index in [1.165, 1.54) is 0 Å². The molecule has 4 nitrogen and oxygen atoms in total. The molecule has 0 aromatic heterocycles. The summed E-state index contributed by atoms with van der Waals surface area (Å²) in [6, 6.07) is 0. The third kappa shape index (κ3) is 5.93. The second-order valence-electron chi connectivity index (χ2n) is 5.73. The molecule has 2 N–H and O–H groups in total. The summed E-state index contributed by atoms with van der Waals surface area (Å²) >= 11 is 0. The molecular formula is C16H30O4. The average Bonchev–Trinajstić information content (AvgIpc) is 2.41. The molecule has 118 valence electrons. The van der Waals surface area contributed by atoms with Crippen molar-refractivity contribution in [1.82, 2.24) is 0 Å². The molecule has 4 heteroatoms. The zero-order valence-corrected chi connectivity index (χ0v) is 13.2. The van der Waals surface area contributed by atoms with Crippen LogP contribution in [0.2, 0.25) is 0 Å². The summed E-state index contributed by atoms with van der Waals surface area (Å²) < 4.78 is 0. The molecule has 0 aromatic rings. The van der Waals surface area contributed by atoms with E-state index in [0.29, 0.717) is 25.7 Å². The highest BCUT2D eigenvalue weighted by Gasteiger charge is 2.35. The summed E-state index contributed by atoms with van der Waals surface area (Å²) in [7, 11) is 0. The van der Waals surface area contributed by atoms with E-state index in [2.05, 4.69) is 6.92 Å². The Morgan fingerprint density at radius 2 is 1.60 bits per heavy atom. The quantitative estimate of drug-likeness (QED) is 0.524. The Bertz CT molecular complexity index is 301. The van der Waals surface area contributed by atoms with E-state index in [1.54, 1.807) is 0 Å². The largest absolute Gasteiger partial charge is 0.481 e. The Morgan fingerprint density at radius 3 is 2.00 bits per heavy atom. The summed E-state index contributed by atoms with van der Waals surface area (Å²) in [5.74, 6) is -1.72. The number of carboxylic acids is 2. The summed E-state index contributed by atoms with van der Waals surface area (Å²) in [6.45, 7) is 5.89. The maximum absolute atomic E-state index is 11.6. The van der Waals surface area contributed by atoms with Crippen molar-refractivity contribution < 1.29 is 19.8 Å². The summed E-state index contributed by atoms with van der Waals surface area (Å²) in [6.07, 6.45) is 6.87. The maximum atomic E-state index is 11.6. The van der Waals surface area contributed by atoms with Gasteiger partial charge in [-0.1, -0.05) is 46.5 Å². The van der Waals surface area contributed by atoms with Crippen molar-refractivity contribution in [3.8, 4) is 0 Å².